The Morgan fingerprint density at radius 1 is 1.46 bits per heavy atom. The van der Waals surface area contributed by atoms with E-state index in [1.807, 2.05) is 12.1 Å². The zero-order valence-electron chi connectivity index (χ0n) is 6.65. The van der Waals surface area contributed by atoms with Crippen molar-refractivity contribution in [2.75, 3.05) is 5.73 Å². The highest BCUT2D eigenvalue weighted by atomic mass is 32.1. The van der Waals surface area contributed by atoms with Gasteiger partial charge in [0.25, 0.3) is 0 Å². The number of anilines is 1. The molecule has 1 aromatic heterocycles. The minimum atomic E-state index is -0.927. The van der Waals surface area contributed by atoms with Crippen molar-refractivity contribution >= 4 is 33.1 Å². The summed E-state index contributed by atoms with van der Waals surface area (Å²) >= 11 is 1.40. The van der Waals surface area contributed by atoms with Gasteiger partial charge in [-0.05, 0) is 12.1 Å². The van der Waals surface area contributed by atoms with Crippen molar-refractivity contribution in [3.8, 4) is 0 Å². The number of aromatic carboxylic acids is 1. The lowest BCUT2D eigenvalue weighted by molar-refractivity contribution is 0.0699. The highest BCUT2D eigenvalue weighted by Crippen LogP contribution is 2.30. The van der Waals surface area contributed by atoms with E-state index in [-0.39, 0.29) is 5.56 Å². The van der Waals surface area contributed by atoms with Crippen LogP contribution < -0.4 is 5.73 Å². The fourth-order valence-corrected chi connectivity index (χ4v) is 2.24. The SMILES string of the molecule is Nc1cccc2scc(C(=O)O)c12. The first-order valence-corrected chi connectivity index (χ1v) is 4.57. The number of rotatable bonds is 1. The third-order valence-electron chi connectivity index (χ3n) is 1.86. The lowest BCUT2D eigenvalue weighted by Crippen LogP contribution is -1.96. The summed E-state index contributed by atoms with van der Waals surface area (Å²) in [5.74, 6) is -0.927. The summed E-state index contributed by atoms with van der Waals surface area (Å²) in [7, 11) is 0. The van der Waals surface area contributed by atoms with E-state index in [0.717, 1.165) is 4.70 Å². The van der Waals surface area contributed by atoms with Gasteiger partial charge < -0.3 is 10.8 Å². The van der Waals surface area contributed by atoms with E-state index in [9.17, 15) is 4.79 Å². The summed E-state index contributed by atoms with van der Waals surface area (Å²) in [6.45, 7) is 0. The van der Waals surface area contributed by atoms with Crippen LogP contribution in [0, 0.1) is 0 Å². The largest absolute Gasteiger partial charge is 0.478 e. The molecule has 0 saturated heterocycles. The molecule has 2 rings (SSSR count). The number of carbonyl (C=O) groups is 1. The smallest absolute Gasteiger partial charge is 0.337 e. The molecule has 1 heterocycles. The Labute approximate surface area is 78.4 Å². The molecule has 3 nitrogen and oxygen atoms in total. The molecule has 4 heteroatoms. The summed E-state index contributed by atoms with van der Waals surface area (Å²) in [6.07, 6.45) is 0. The van der Waals surface area contributed by atoms with E-state index in [4.69, 9.17) is 10.8 Å². The van der Waals surface area contributed by atoms with Gasteiger partial charge >= 0.3 is 5.97 Å². The van der Waals surface area contributed by atoms with Crippen LogP contribution in [-0.2, 0) is 0 Å². The highest BCUT2D eigenvalue weighted by molar-refractivity contribution is 7.17. The summed E-state index contributed by atoms with van der Waals surface area (Å²) in [4.78, 5) is 10.8. The van der Waals surface area contributed by atoms with Crippen molar-refractivity contribution in [1.29, 1.82) is 0 Å². The van der Waals surface area contributed by atoms with Crippen molar-refractivity contribution in [3.05, 3.63) is 29.1 Å². The lowest BCUT2D eigenvalue weighted by atomic mass is 10.1. The van der Waals surface area contributed by atoms with Gasteiger partial charge in [0.2, 0.25) is 0 Å². The molecular formula is C9H7NO2S. The third kappa shape index (κ3) is 1.15. The number of thiophene rings is 1. The monoisotopic (exact) mass is 193 g/mol. The Balaban J connectivity index is 2.86. The molecule has 0 bridgehead atoms. The van der Waals surface area contributed by atoms with Crippen molar-refractivity contribution in [2.24, 2.45) is 0 Å². The predicted molar refractivity (Wildman–Crippen MR) is 53.2 cm³/mol. The summed E-state index contributed by atoms with van der Waals surface area (Å²) in [6, 6.07) is 5.39. The molecule has 0 fully saturated rings. The van der Waals surface area contributed by atoms with Gasteiger partial charge in [0, 0.05) is 21.2 Å². The first kappa shape index (κ1) is 8.07. The molecule has 0 saturated carbocycles. The second-order valence-electron chi connectivity index (χ2n) is 2.67. The molecule has 0 unspecified atom stereocenters. The molecule has 2 aromatic rings. The van der Waals surface area contributed by atoms with Crippen LogP contribution in [0.2, 0.25) is 0 Å². The van der Waals surface area contributed by atoms with Crippen LogP contribution in [0.5, 0.6) is 0 Å². The Kier molecular flexibility index (Phi) is 1.70. The molecular weight excluding hydrogens is 186 g/mol. The third-order valence-corrected chi connectivity index (χ3v) is 2.81. The molecule has 0 aliphatic rings. The van der Waals surface area contributed by atoms with Gasteiger partial charge in [0.05, 0.1) is 5.56 Å². The van der Waals surface area contributed by atoms with E-state index in [1.54, 1.807) is 11.4 Å². The first-order valence-electron chi connectivity index (χ1n) is 3.69. The quantitative estimate of drug-likeness (QED) is 0.682. The predicted octanol–water partition coefficient (Wildman–Crippen LogP) is 2.18. The Hall–Kier alpha value is -1.55. The Morgan fingerprint density at radius 3 is 2.92 bits per heavy atom. The van der Waals surface area contributed by atoms with Crippen LogP contribution in [0.3, 0.4) is 0 Å². The van der Waals surface area contributed by atoms with Crippen molar-refractivity contribution in [2.45, 2.75) is 0 Å². The average Bonchev–Trinajstić information content (AvgIpc) is 2.49. The average molecular weight is 193 g/mol. The summed E-state index contributed by atoms with van der Waals surface area (Å²) < 4.78 is 0.914. The van der Waals surface area contributed by atoms with Crippen molar-refractivity contribution < 1.29 is 9.90 Å². The minimum absolute atomic E-state index is 0.290. The lowest BCUT2D eigenvalue weighted by Gasteiger charge is -1.96. The molecule has 0 spiro atoms. The molecule has 0 aliphatic carbocycles. The van der Waals surface area contributed by atoms with Gasteiger partial charge in [-0.1, -0.05) is 6.07 Å². The fraction of sp³-hybridized carbons (Fsp3) is 0. The number of hydrogen-bond acceptors (Lipinski definition) is 3. The number of carboxylic acid groups (broad SMARTS) is 1. The maximum absolute atomic E-state index is 10.8. The van der Waals surface area contributed by atoms with Crippen LogP contribution in [0.4, 0.5) is 5.69 Å². The molecule has 3 N–H and O–H groups in total. The topological polar surface area (TPSA) is 63.3 Å². The number of carboxylic acids is 1. The second kappa shape index (κ2) is 2.74. The van der Waals surface area contributed by atoms with Gasteiger partial charge in [0.15, 0.2) is 0 Å². The molecule has 0 radical (unpaired) electrons. The van der Waals surface area contributed by atoms with Crippen LogP contribution >= 0.6 is 11.3 Å². The first-order chi connectivity index (χ1) is 6.20. The fourth-order valence-electron chi connectivity index (χ4n) is 1.27. The van der Waals surface area contributed by atoms with E-state index in [1.165, 1.54) is 11.3 Å². The van der Waals surface area contributed by atoms with Crippen LogP contribution in [-0.4, -0.2) is 11.1 Å². The summed E-state index contributed by atoms with van der Waals surface area (Å²) in [5.41, 5.74) is 6.50. The van der Waals surface area contributed by atoms with Crippen molar-refractivity contribution in [1.82, 2.24) is 0 Å². The normalized spacial score (nSPS) is 10.5. The highest BCUT2D eigenvalue weighted by Gasteiger charge is 2.12. The Morgan fingerprint density at radius 2 is 2.23 bits per heavy atom. The van der Waals surface area contributed by atoms with Crippen LogP contribution in [0.1, 0.15) is 10.4 Å². The summed E-state index contributed by atoms with van der Waals surface area (Å²) in [5, 5.41) is 11.1. The zero-order chi connectivity index (χ0) is 9.42. The van der Waals surface area contributed by atoms with Gasteiger partial charge in [-0.15, -0.1) is 11.3 Å². The van der Waals surface area contributed by atoms with Gasteiger partial charge in [-0.2, -0.15) is 0 Å². The van der Waals surface area contributed by atoms with Gasteiger partial charge in [-0.3, -0.25) is 0 Å². The number of fused-ring (bicyclic) bond motifs is 1. The number of nitrogens with two attached hydrogens (primary N) is 1. The van der Waals surface area contributed by atoms with E-state index < -0.39 is 5.97 Å². The minimum Gasteiger partial charge on any atom is -0.478 e. The zero-order valence-corrected chi connectivity index (χ0v) is 7.47. The molecule has 0 atom stereocenters. The standard InChI is InChI=1S/C9H7NO2S/c10-6-2-1-3-7-8(6)5(4-13-7)9(11)12/h1-4H,10H2,(H,11,12). The number of hydrogen-bond donors (Lipinski definition) is 2. The van der Waals surface area contributed by atoms with E-state index in [0.29, 0.717) is 11.1 Å². The van der Waals surface area contributed by atoms with E-state index >= 15 is 0 Å². The van der Waals surface area contributed by atoms with Crippen LogP contribution in [0.15, 0.2) is 23.6 Å². The van der Waals surface area contributed by atoms with Crippen molar-refractivity contribution in [3.63, 3.8) is 0 Å². The van der Waals surface area contributed by atoms with E-state index in [2.05, 4.69) is 0 Å². The van der Waals surface area contributed by atoms with Crippen LogP contribution in [0.25, 0.3) is 10.1 Å². The molecule has 0 aliphatic heterocycles. The molecule has 66 valence electrons. The Bertz CT molecular complexity index is 475. The molecule has 0 amide bonds. The van der Waals surface area contributed by atoms with Gasteiger partial charge in [0.1, 0.15) is 0 Å². The maximum Gasteiger partial charge on any atom is 0.337 e. The maximum atomic E-state index is 10.8. The molecule has 1 aromatic carbocycles. The number of nitrogen functional groups attached to an aromatic ring is 1. The number of benzene rings is 1. The van der Waals surface area contributed by atoms with Gasteiger partial charge in [-0.25, -0.2) is 4.79 Å². The second-order valence-corrected chi connectivity index (χ2v) is 3.59. The molecule has 13 heavy (non-hydrogen) atoms.